The van der Waals surface area contributed by atoms with E-state index in [9.17, 15) is 9.90 Å². The van der Waals surface area contributed by atoms with Crippen LogP contribution in [0.3, 0.4) is 0 Å². The largest absolute Gasteiger partial charge is 0.478 e. The third-order valence-corrected chi connectivity index (χ3v) is 2.76. The summed E-state index contributed by atoms with van der Waals surface area (Å²) in [7, 11) is 0. The molecule has 0 heterocycles. The highest BCUT2D eigenvalue weighted by Crippen LogP contribution is 2.27. The molecule has 0 atom stereocenters. The van der Waals surface area contributed by atoms with Gasteiger partial charge in [0.05, 0.1) is 5.56 Å². The standard InChI is InChI=1S/C14H14N2O2/c15-16-9-10-5-1-2-6-11(10)12-7-3-4-8-13(12)14(17)18/h1-8,16H,9,15H2,(H,17,18). The number of aromatic carboxylic acids is 1. The Morgan fingerprint density at radius 2 is 1.67 bits per heavy atom. The minimum atomic E-state index is -0.930. The van der Waals surface area contributed by atoms with Gasteiger partial charge in [-0.2, -0.15) is 0 Å². The second kappa shape index (κ2) is 5.44. The van der Waals surface area contributed by atoms with Gasteiger partial charge in [-0.15, -0.1) is 0 Å². The number of nitrogens with two attached hydrogens (primary N) is 1. The quantitative estimate of drug-likeness (QED) is 0.566. The molecule has 0 spiro atoms. The van der Waals surface area contributed by atoms with Crippen molar-refractivity contribution < 1.29 is 9.90 Å². The molecule has 18 heavy (non-hydrogen) atoms. The lowest BCUT2D eigenvalue weighted by molar-refractivity contribution is 0.0697. The van der Waals surface area contributed by atoms with Gasteiger partial charge in [-0.1, -0.05) is 42.5 Å². The number of hydrogen-bond donors (Lipinski definition) is 3. The van der Waals surface area contributed by atoms with Crippen LogP contribution in [0.5, 0.6) is 0 Å². The van der Waals surface area contributed by atoms with Crippen LogP contribution < -0.4 is 11.3 Å². The third-order valence-electron chi connectivity index (χ3n) is 2.76. The zero-order valence-corrected chi connectivity index (χ0v) is 9.76. The molecule has 0 unspecified atom stereocenters. The summed E-state index contributed by atoms with van der Waals surface area (Å²) in [5.41, 5.74) is 5.44. The normalized spacial score (nSPS) is 10.3. The summed E-state index contributed by atoms with van der Waals surface area (Å²) >= 11 is 0. The van der Waals surface area contributed by atoms with Gasteiger partial charge in [-0.25, -0.2) is 4.79 Å². The molecule has 0 saturated heterocycles. The summed E-state index contributed by atoms with van der Waals surface area (Å²) in [5.74, 6) is 4.41. The lowest BCUT2D eigenvalue weighted by Gasteiger charge is -2.11. The molecule has 2 aromatic rings. The first-order valence-electron chi connectivity index (χ1n) is 5.58. The molecule has 0 fully saturated rings. The molecule has 0 aromatic heterocycles. The maximum Gasteiger partial charge on any atom is 0.336 e. The van der Waals surface area contributed by atoms with Crippen LogP contribution in [-0.4, -0.2) is 11.1 Å². The molecule has 2 rings (SSSR count). The molecule has 0 radical (unpaired) electrons. The molecule has 0 aliphatic heterocycles. The SMILES string of the molecule is NNCc1ccccc1-c1ccccc1C(=O)O. The number of nitrogens with one attached hydrogen (secondary N) is 1. The number of benzene rings is 2. The molecule has 4 nitrogen and oxygen atoms in total. The van der Waals surface area contributed by atoms with Crippen LogP contribution in [0.15, 0.2) is 48.5 Å². The van der Waals surface area contributed by atoms with E-state index in [2.05, 4.69) is 5.43 Å². The summed E-state index contributed by atoms with van der Waals surface area (Å²) in [4.78, 5) is 11.2. The first-order chi connectivity index (χ1) is 8.74. The van der Waals surface area contributed by atoms with E-state index in [1.807, 2.05) is 30.3 Å². The molecule has 92 valence electrons. The van der Waals surface area contributed by atoms with E-state index in [-0.39, 0.29) is 0 Å². The van der Waals surface area contributed by atoms with Crippen molar-refractivity contribution in [1.29, 1.82) is 0 Å². The van der Waals surface area contributed by atoms with E-state index < -0.39 is 5.97 Å². The molecule has 0 bridgehead atoms. The Morgan fingerprint density at radius 3 is 2.33 bits per heavy atom. The number of rotatable bonds is 4. The topological polar surface area (TPSA) is 75.3 Å². The van der Waals surface area contributed by atoms with E-state index >= 15 is 0 Å². The van der Waals surface area contributed by atoms with Crippen molar-refractivity contribution in [2.24, 2.45) is 5.84 Å². The Kier molecular flexibility index (Phi) is 3.72. The average molecular weight is 242 g/mol. The minimum Gasteiger partial charge on any atom is -0.478 e. The molecule has 0 amide bonds. The van der Waals surface area contributed by atoms with Crippen LogP contribution in [0.25, 0.3) is 11.1 Å². The van der Waals surface area contributed by atoms with Crippen molar-refractivity contribution in [2.75, 3.05) is 0 Å². The molecule has 2 aromatic carbocycles. The highest BCUT2D eigenvalue weighted by atomic mass is 16.4. The van der Waals surface area contributed by atoms with Gasteiger partial charge in [-0.3, -0.25) is 11.3 Å². The maximum atomic E-state index is 11.2. The summed E-state index contributed by atoms with van der Waals surface area (Å²) < 4.78 is 0. The first-order valence-corrected chi connectivity index (χ1v) is 5.58. The lowest BCUT2D eigenvalue weighted by atomic mass is 9.95. The van der Waals surface area contributed by atoms with E-state index in [4.69, 9.17) is 5.84 Å². The van der Waals surface area contributed by atoms with Gasteiger partial charge in [0.25, 0.3) is 0 Å². The molecule has 0 saturated carbocycles. The molecular weight excluding hydrogens is 228 g/mol. The van der Waals surface area contributed by atoms with Crippen LogP contribution in [0.4, 0.5) is 0 Å². The predicted octanol–water partition coefficient (Wildman–Crippen LogP) is 2.02. The van der Waals surface area contributed by atoms with Gasteiger partial charge >= 0.3 is 5.97 Å². The molecule has 0 aliphatic rings. The van der Waals surface area contributed by atoms with Gasteiger partial charge in [-0.05, 0) is 22.8 Å². The minimum absolute atomic E-state index is 0.293. The second-order valence-electron chi connectivity index (χ2n) is 3.89. The van der Waals surface area contributed by atoms with Crippen molar-refractivity contribution >= 4 is 5.97 Å². The molecule has 4 N–H and O–H groups in total. The number of carboxylic acids is 1. The Hall–Kier alpha value is -2.17. The highest BCUT2D eigenvalue weighted by molar-refractivity contribution is 5.96. The Balaban J connectivity index is 2.58. The van der Waals surface area contributed by atoms with Crippen LogP contribution >= 0.6 is 0 Å². The Morgan fingerprint density at radius 1 is 1.06 bits per heavy atom. The zero-order valence-electron chi connectivity index (χ0n) is 9.76. The third kappa shape index (κ3) is 2.40. The number of carbonyl (C=O) groups is 1. The predicted molar refractivity (Wildman–Crippen MR) is 69.9 cm³/mol. The van der Waals surface area contributed by atoms with Gasteiger partial charge in [0.15, 0.2) is 0 Å². The zero-order chi connectivity index (χ0) is 13.0. The van der Waals surface area contributed by atoms with Crippen LogP contribution in [0.1, 0.15) is 15.9 Å². The molecule has 0 aliphatic carbocycles. The summed E-state index contributed by atoms with van der Waals surface area (Å²) in [6.07, 6.45) is 0. The monoisotopic (exact) mass is 242 g/mol. The van der Waals surface area contributed by atoms with Gasteiger partial charge < -0.3 is 5.11 Å². The first kappa shape index (κ1) is 12.3. The number of hydrazine groups is 1. The van der Waals surface area contributed by atoms with Crippen molar-refractivity contribution in [1.82, 2.24) is 5.43 Å². The van der Waals surface area contributed by atoms with E-state index in [0.717, 1.165) is 11.1 Å². The van der Waals surface area contributed by atoms with Crippen LogP contribution in [0, 0.1) is 0 Å². The lowest BCUT2D eigenvalue weighted by Crippen LogP contribution is -2.21. The smallest absolute Gasteiger partial charge is 0.336 e. The molecule has 4 heteroatoms. The van der Waals surface area contributed by atoms with Crippen molar-refractivity contribution in [3.8, 4) is 11.1 Å². The summed E-state index contributed by atoms with van der Waals surface area (Å²) in [5, 5.41) is 9.21. The average Bonchev–Trinajstić information content (AvgIpc) is 2.40. The van der Waals surface area contributed by atoms with Gasteiger partial charge in [0.1, 0.15) is 0 Å². The van der Waals surface area contributed by atoms with Crippen molar-refractivity contribution in [3.63, 3.8) is 0 Å². The fourth-order valence-corrected chi connectivity index (χ4v) is 1.95. The molecular formula is C14H14N2O2. The van der Waals surface area contributed by atoms with E-state index in [0.29, 0.717) is 17.7 Å². The van der Waals surface area contributed by atoms with Crippen molar-refractivity contribution in [3.05, 3.63) is 59.7 Å². The van der Waals surface area contributed by atoms with Crippen molar-refractivity contribution in [2.45, 2.75) is 6.54 Å². The van der Waals surface area contributed by atoms with E-state index in [1.54, 1.807) is 18.2 Å². The second-order valence-corrected chi connectivity index (χ2v) is 3.89. The maximum absolute atomic E-state index is 11.2. The number of hydrogen-bond acceptors (Lipinski definition) is 3. The van der Waals surface area contributed by atoms with Gasteiger partial charge in [0, 0.05) is 6.54 Å². The summed E-state index contributed by atoms with van der Waals surface area (Å²) in [6.45, 7) is 0.490. The number of carboxylic acid groups (broad SMARTS) is 1. The Labute approximate surface area is 105 Å². The highest BCUT2D eigenvalue weighted by Gasteiger charge is 2.12. The van der Waals surface area contributed by atoms with Crippen LogP contribution in [0.2, 0.25) is 0 Å². The van der Waals surface area contributed by atoms with Crippen LogP contribution in [-0.2, 0) is 6.54 Å². The Bertz CT molecular complexity index is 567. The fraction of sp³-hybridized carbons (Fsp3) is 0.0714. The fourth-order valence-electron chi connectivity index (χ4n) is 1.95. The van der Waals surface area contributed by atoms with E-state index in [1.165, 1.54) is 0 Å². The summed E-state index contributed by atoms with van der Waals surface area (Å²) in [6, 6.07) is 14.6. The van der Waals surface area contributed by atoms with Gasteiger partial charge in [0.2, 0.25) is 0 Å².